The summed E-state index contributed by atoms with van der Waals surface area (Å²) >= 11 is 1.37. The van der Waals surface area contributed by atoms with Crippen LogP contribution in [0.2, 0.25) is 0 Å². The molecule has 0 radical (unpaired) electrons. The van der Waals surface area contributed by atoms with E-state index >= 15 is 0 Å². The summed E-state index contributed by atoms with van der Waals surface area (Å²) in [5.74, 6) is -1.94. The summed E-state index contributed by atoms with van der Waals surface area (Å²) in [6.45, 7) is 3.74. The van der Waals surface area contributed by atoms with E-state index in [4.69, 9.17) is 9.47 Å². The molecule has 224 valence electrons. The number of ether oxygens (including phenoxy) is 2. The average molecular weight is 609 g/mol. The number of carbonyl (C=O) groups is 2. The van der Waals surface area contributed by atoms with Gasteiger partial charge in [-0.15, -0.1) is 11.8 Å². The molecule has 2 heterocycles. The van der Waals surface area contributed by atoms with Crippen molar-refractivity contribution >= 4 is 29.1 Å². The topological polar surface area (TPSA) is 116 Å². The summed E-state index contributed by atoms with van der Waals surface area (Å²) in [5.41, 5.74) is 0.531. The summed E-state index contributed by atoms with van der Waals surface area (Å²) in [6, 6.07) is 16.6. The first kappa shape index (κ1) is 30.5. The van der Waals surface area contributed by atoms with Crippen molar-refractivity contribution in [1.29, 1.82) is 0 Å². The first-order valence-electron chi connectivity index (χ1n) is 13.5. The van der Waals surface area contributed by atoms with Gasteiger partial charge in [-0.2, -0.15) is 5.10 Å². The van der Waals surface area contributed by atoms with Gasteiger partial charge in [0.2, 0.25) is 0 Å². The van der Waals surface area contributed by atoms with Gasteiger partial charge < -0.3 is 19.9 Å². The number of rotatable bonds is 10. The fourth-order valence-electron chi connectivity index (χ4n) is 4.78. The van der Waals surface area contributed by atoms with Crippen LogP contribution in [0.3, 0.4) is 0 Å². The van der Waals surface area contributed by atoms with E-state index in [9.17, 15) is 23.5 Å². The number of amides is 1. The zero-order chi connectivity index (χ0) is 30.6. The molecule has 12 heteroatoms. The Morgan fingerprint density at radius 3 is 2.35 bits per heavy atom. The Kier molecular flexibility index (Phi) is 9.31. The molecule has 0 aliphatic carbocycles. The minimum Gasteiger partial charge on any atom is -0.382 e. The van der Waals surface area contributed by atoms with Crippen molar-refractivity contribution in [2.45, 2.75) is 42.8 Å². The van der Waals surface area contributed by atoms with Gasteiger partial charge >= 0.3 is 0 Å². The van der Waals surface area contributed by atoms with Gasteiger partial charge in [0.05, 0.1) is 25.0 Å². The van der Waals surface area contributed by atoms with Gasteiger partial charge in [0.15, 0.2) is 12.1 Å². The molecule has 0 bridgehead atoms. The third-order valence-electron chi connectivity index (χ3n) is 7.20. The predicted molar refractivity (Wildman–Crippen MR) is 157 cm³/mol. The molecule has 1 amide bonds. The number of hydrogen-bond acceptors (Lipinski definition) is 8. The highest BCUT2D eigenvalue weighted by atomic mass is 32.2. The first-order valence-corrected chi connectivity index (χ1v) is 14.5. The molecule has 1 saturated heterocycles. The van der Waals surface area contributed by atoms with Crippen molar-refractivity contribution in [3.8, 4) is 0 Å². The minimum absolute atomic E-state index is 0.0443. The van der Waals surface area contributed by atoms with E-state index in [2.05, 4.69) is 15.4 Å². The predicted octanol–water partition coefficient (Wildman–Crippen LogP) is 5.13. The van der Waals surface area contributed by atoms with E-state index in [0.29, 0.717) is 30.0 Å². The molecule has 0 unspecified atom stereocenters. The molecule has 1 aliphatic heterocycles. The second kappa shape index (κ2) is 13.1. The maximum absolute atomic E-state index is 14.8. The average Bonchev–Trinajstić information content (AvgIpc) is 3.50. The van der Waals surface area contributed by atoms with Gasteiger partial charge in [-0.05, 0) is 49.4 Å². The van der Waals surface area contributed by atoms with Gasteiger partial charge in [-0.25, -0.2) is 18.4 Å². The van der Waals surface area contributed by atoms with Crippen LogP contribution in [0.25, 0.3) is 0 Å². The molecular weight excluding hydrogens is 578 g/mol. The van der Waals surface area contributed by atoms with Gasteiger partial charge in [-0.3, -0.25) is 9.59 Å². The fraction of sp³-hybridized carbons (Fsp3) is 0.290. The van der Waals surface area contributed by atoms with Crippen molar-refractivity contribution in [3.05, 3.63) is 113 Å². The molecule has 5 rings (SSSR count). The number of carbonyl (C=O) groups excluding carboxylic acids is 2. The van der Waals surface area contributed by atoms with Gasteiger partial charge in [0, 0.05) is 39.3 Å². The number of nitrogens with zero attached hydrogens (tertiary/aromatic N) is 3. The van der Waals surface area contributed by atoms with E-state index in [-0.39, 0.29) is 29.0 Å². The van der Waals surface area contributed by atoms with Crippen LogP contribution in [-0.2, 0) is 21.6 Å². The number of hydrogen-bond donors (Lipinski definition) is 2. The second-order valence-electron chi connectivity index (χ2n) is 10.3. The molecule has 1 aromatic heterocycles. The molecular formula is C31H30F2N4O5S. The quantitative estimate of drug-likeness (QED) is 0.238. The van der Waals surface area contributed by atoms with Crippen LogP contribution in [0.5, 0.6) is 0 Å². The summed E-state index contributed by atoms with van der Waals surface area (Å²) in [5, 5.41) is 17.9. The van der Waals surface area contributed by atoms with E-state index in [1.54, 1.807) is 55.5 Å². The van der Waals surface area contributed by atoms with E-state index in [0.717, 1.165) is 17.7 Å². The number of ketones is 1. The third-order valence-corrected chi connectivity index (χ3v) is 8.65. The van der Waals surface area contributed by atoms with Crippen molar-refractivity contribution in [2.24, 2.45) is 0 Å². The molecule has 1 aliphatic rings. The molecule has 3 aromatic carbocycles. The Labute approximate surface area is 251 Å². The Morgan fingerprint density at radius 2 is 1.74 bits per heavy atom. The lowest BCUT2D eigenvalue weighted by Gasteiger charge is -2.37. The molecule has 2 atom stereocenters. The Hall–Kier alpha value is -3.97. The van der Waals surface area contributed by atoms with Crippen molar-refractivity contribution in [1.82, 2.24) is 14.8 Å². The lowest BCUT2D eigenvalue weighted by Crippen LogP contribution is -2.43. The molecule has 43 heavy (non-hydrogen) atoms. The summed E-state index contributed by atoms with van der Waals surface area (Å²) in [7, 11) is 0. The Bertz CT molecular complexity index is 1560. The van der Waals surface area contributed by atoms with E-state index in [1.165, 1.54) is 42.1 Å². The largest absolute Gasteiger partial charge is 0.382 e. The number of benzene rings is 3. The Balaban J connectivity index is 1.19. The van der Waals surface area contributed by atoms with Gasteiger partial charge in [0.25, 0.3) is 5.91 Å². The zero-order valence-electron chi connectivity index (χ0n) is 23.4. The monoisotopic (exact) mass is 608 g/mol. The maximum Gasteiger partial charge on any atom is 0.255 e. The van der Waals surface area contributed by atoms with Crippen LogP contribution in [-0.4, -0.2) is 55.3 Å². The second-order valence-corrected chi connectivity index (χ2v) is 11.9. The third kappa shape index (κ3) is 7.16. The van der Waals surface area contributed by atoms with Crippen LogP contribution in [0.4, 0.5) is 14.5 Å². The summed E-state index contributed by atoms with van der Waals surface area (Å²) in [4.78, 5) is 28.0. The number of aliphatic hydroxyl groups is 1. The summed E-state index contributed by atoms with van der Waals surface area (Å²) in [6.07, 6.45) is 2.09. The Morgan fingerprint density at radius 1 is 1.07 bits per heavy atom. The molecule has 4 aromatic rings. The molecule has 0 saturated carbocycles. The molecule has 0 spiro atoms. The van der Waals surface area contributed by atoms with Crippen molar-refractivity contribution < 1.29 is 33.0 Å². The molecule has 2 N–H and O–H groups in total. The lowest BCUT2D eigenvalue weighted by molar-refractivity contribution is -0.180. The SMILES string of the molecule is CC(=O)c1ccc(NC(=O)c2ccc(C3OCC(S[C@H](C)[C@](O)(Cn4cncn4)c4ccc(F)cc4F)CO3)cc2)cc1. The number of halogens is 2. The highest BCUT2D eigenvalue weighted by Gasteiger charge is 2.41. The minimum atomic E-state index is -1.74. The van der Waals surface area contributed by atoms with Crippen LogP contribution in [0.1, 0.15) is 52.0 Å². The van der Waals surface area contributed by atoms with Crippen LogP contribution >= 0.6 is 11.8 Å². The number of nitrogens with one attached hydrogen (secondary N) is 1. The summed E-state index contributed by atoms with van der Waals surface area (Å²) < 4.78 is 41.8. The van der Waals surface area contributed by atoms with Gasteiger partial charge in [-0.1, -0.05) is 25.1 Å². The van der Waals surface area contributed by atoms with Gasteiger partial charge in [0.1, 0.15) is 29.9 Å². The molecule has 1 fully saturated rings. The highest BCUT2D eigenvalue weighted by Crippen LogP contribution is 2.39. The smallest absolute Gasteiger partial charge is 0.255 e. The number of aromatic nitrogens is 3. The normalized spacial score (nSPS) is 18.9. The lowest BCUT2D eigenvalue weighted by atomic mass is 9.90. The zero-order valence-corrected chi connectivity index (χ0v) is 24.3. The fourth-order valence-corrected chi connectivity index (χ4v) is 6.09. The number of anilines is 1. The number of Topliss-reactive ketones (excluding diaryl/α,β-unsaturated/α-hetero) is 1. The van der Waals surface area contributed by atoms with E-state index < -0.39 is 28.8 Å². The molecule has 9 nitrogen and oxygen atoms in total. The van der Waals surface area contributed by atoms with E-state index in [1.807, 2.05) is 0 Å². The van der Waals surface area contributed by atoms with Crippen LogP contribution in [0, 0.1) is 11.6 Å². The van der Waals surface area contributed by atoms with Crippen LogP contribution in [0.15, 0.2) is 79.4 Å². The standard InChI is InChI=1S/C31H30F2N4O5S/c1-19(38)21-7-10-25(11-8-21)36-29(39)22-3-5-23(6-4-22)30-41-14-26(15-42-30)43-20(2)31(40,16-37-18-34-17-35-37)27-12-9-24(32)13-28(27)33/h3-13,17-18,20,26,30,40H,14-16H2,1-2H3,(H,36,39)/t20-,26?,30?,31-/m1/s1. The van der Waals surface area contributed by atoms with Crippen molar-refractivity contribution in [2.75, 3.05) is 18.5 Å². The first-order chi connectivity index (χ1) is 20.6. The van der Waals surface area contributed by atoms with Crippen molar-refractivity contribution in [3.63, 3.8) is 0 Å². The highest BCUT2D eigenvalue weighted by molar-refractivity contribution is 8.00. The van der Waals surface area contributed by atoms with Crippen LogP contribution < -0.4 is 5.32 Å². The maximum atomic E-state index is 14.8. The number of thioether (sulfide) groups is 1.